The number of nitrogens with two attached hydrogens (primary N) is 3. The van der Waals surface area contributed by atoms with Crippen LogP contribution in [0.15, 0.2) is 66.7 Å². The standard InChI is InChI=1S/C37H45N11O5.ClH/c1-22-16-29(48(21-32(40)49)34(51)20-41-33(50)19-39)14-15-30(22)25-6-2-23(3-7-25)17-31(43-36(52)27-8-4-24(18-38)5-9-27)37(53)42-28-12-10-26(11-13-28)35-44-46-47-45-35;/h2-3,6-7,10-16,24,27,31H,4-5,8-9,17-21,38-39H2,1H3,(H2,40,49)(H,41,50)(H,42,53)(H,43,52)(H,44,45,46,47);1H/t24-,27-,31-;/m0./s1. The highest BCUT2D eigenvalue weighted by Crippen LogP contribution is 2.30. The minimum Gasteiger partial charge on any atom is -0.368 e. The van der Waals surface area contributed by atoms with E-state index in [2.05, 4.69) is 36.6 Å². The molecule has 1 aromatic heterocycles. The van der Waals surface area contributed by atoms with Crippen LogP contribution in [0.4, 0.5) is 11.4 Å². The largest absolute Gasteiger partial charge is 0.368 e. The number of aromatic nitrogens is 4. The number of amides is 5. The Morgan fingerprint density at radius 2 is 1.61 bits per heavy atom. The van der Waals surface area contributed by atoms with Gasteiger partial charge in [-0.3, -0.25) is 24.0 Å². The summed E-state index contributed by atoms with van der Waals surface area (Å²) in [5.74, 6) is -1.57. The third-order valence-corrected chi connectivity index (χ3v) is 9.40. The zero-order valence-corrected chi connectivity index (χ0v) is 30.7. The second-order valence-electron chi connectivity index (χ2n) is 13.1. The molecule has 16 nitrogen and oxygen atoms in total. The molecule has 0 bridgehead atoms. The van der Waals surface area contributed by atoms with Gasteiger partial charge < -0.3 is 38.1 Å². The van der Waals surface area contributed by atoms with E-state index in [-0.39, 0.29) is 56.2 Å². The summed E-state index contributed by atoms with van der Waals surface area (Å²) in [5, 5.41) is 22.3. The second kappa shape index (κ2) is 19.4. The molecule has 5 rings (SSSR count). The zero-order chi connectivity index (χ0) is 37.9. The molecular formula is C37H46ClN11O5. The summed E-state index contributed by atoms with van der Waals surface area (Å²) in [7, 11) is 0. The van der Waals surface area contributed by atoms with E-state index in [1.165, 1.54) is 4.90 Å². The molecule has 5 amide bonds. The summed E-state index contributed by atoms with van der Waals surface area (Å²) in [6, 6.07) is 19.1. The molecule has 1 aliphatic rings. The Kier molecular flexibility index (Phi) is 14.7. The number of carbonyl (C=O) groups excluding carboxylic acids is 5. The highest BCUT2D eigenvalue weighted by Gasteiger charge is 2.29. The number of halogens is 1. The Morgan fingerprint density at radius 1 is 0.926 bits per heavy atom. The van der Waals surface area contributed by atoms with E-state index in [0.29, 0.717) is 29.7 Å². The molecule has 10 N–H and O–H groups in total. The van der Waals surface area contributed by atoms with Gasteiger partial charge >= 0.3 is 0 Å². The van der Waals surface area contributed by atoms with Crippen LogP contribution in [0.2, 0.25) is 0 Å². The van der Waals surface area contributed by atoms with E-state index in [0.717, 1.165) is 53.5 Å². The number of nitrogens with one attached hydrogen (secondary N) is 4. The van der Waals surface area contributed by atoms with Gasteiger partial charge in [0.15, 0.2) is 0 Å². The molecule has 1 saturated carbocycles. The first-order valence-corrected chi connectivity index (χ1v) is 17.4. The van der Waals surface area contributed by atoms with Crippen LogP contribution >= 0.6 is 12.4 Å². The molecule has 0 unspecified atom stereocenters. The number of anilines is 2. The maximum atomic E-state index is 13.7. The van der Waals surface area contributed by atoms with Crippen LogP contribution in [0.25, 0.3) is 22.5 Å². The Bertz CT molecular complexity index is 1900. The summed E-state index contributed by atoms with van der Waals surface area (Å²) >= 11 is 0. The van der Waals surface area contributed by atoms with Gasteiger partial charge in [0, 0.05) is 29.3 Å². The molecule has 3 aromatic carbocycles. The Balaban J connectivity index is 0.00000650. The van der Waals surface area contributed by atoms with Gasteiger partial charge in [-0.1, -0.05) is 30.3 Å². The molecule has 286 valence electrons. The lowest BCUT2D eigenvalue weighted by molar-refractivity contribution is -0.130. The van der Waals surface area contributed by atoms with Gasteiger partial charge in [-0.05, 0) is 109 Å². The van der Waals surface area contributed by atoms with Crippen molar-refractivity contribution >= 4 is 53.3 Å². The van der Waals surface area contributed by atoms with E-state index in [1.807, 2.05) is 37.3 Å². The minimum absolute atomic E-state index is 0. The van der Waals surface area contributed by atoms with E-state index in [9.17, 15) is 24.0 Å². The van der Waals surface area contributed by atoms with E-state index < -0.39 is 23.8 Å². The van der Waals surface area contributed by atoms with Crippen molar-refractivity contribution in [3.05, 3.63) is 77.9 Å². The number of hydrogen-bond donors (Lipinski definition) is 7. The monoisotopic (exact) mass is 759 g/mol. The molecule has 0 spiro atoms. The first kappa shape index (κ1) is 41.1. The van der Waals surface area contributed by atoms with Gasteiger partial charge in [-0.15, -0.1) is 22.6 Å². The van der Waals surface area contributed by atoms with Gasteiger partial charge in [0.2, 0.25) is 35.4 Å². The normalized spacial score (nSPS) is 15.6. The number of primary amides is 1. The highest BCUT2D eigenvalue weighted by molar-refractivity contribution is 6.01. The number of aromatic amines is 1. The molecule has 54 heavy (non-hydrogen) atoms. The average molecular weight is 760 g/mol. The fourth-order valence-electron chi connectivity index (χ4n) is 6.39. The van der Waals surface area contributed by atoms with Crippen LogP contribution < -0.4 is 38.1 Å². The fourth-order valence-corrected chi connectivity index (χ4v) is 6.39. The van der Waals surface area contributed by atoms with Crippen molar-refractivity contribution < 1.29 is 24.0 Å². The van der Waals surface area contributed by atoms with Crippen molar-refractivity contribution in [2.75, 3.05) is 36.4 Å². The van der Waals surface area contributed by atoms with E-state index in [4.69, 9.17) is 17.2 Å². The summed E-state index contributed by atoms with van der Waals surface area (Å²) in [4.78, 5) is 64.6. The average Bonchev–Trinajstić information content (AvgIpc) is 3.71. The number of tetrazole rings is 1. The predicted octanol–water partition coefficient (Wildman–Crippen LogP) is 1.59. The van der Waals surface area contributed by atoms with Gasteiger partial charge in [0.05, 0.1) is 13.1 Å². The molecule has 0 aliphatic heterocycles. The lowest BCUT2D eigenvalue weighted by Gasteiger charge is -2.28. The van der Waals surface area contributed by atoms with E-state index in [1.54, 1.807) is 36.4 Å². The van der Waals surface area contributed by atoms with Crippen LogP contribution in [0, 0.1) is 18.8 Å². The summed E-state index contributed by atoms with van der Waals surface area (Å²) in [6.45, 7) is 1.51. The minimum atomic E-state index is -0.845. The molecule has 1 aliphatic carbocycles. The van der Waals surface area contributed by atoms with Crippen LogP contribution in [0.5, 0.6) is 0 Å². The van der Waals surface area contributed by atoms with Crippen LogP contribution in [-0.2, 0) is 30.4 Å². The van der Waals surface area contributed by atoms with Crippen LogP contribution in [-0.4, -0.2) is 82.4 Å². The number of nitrogens with zero attached hydrogens (tertiary/aromatic N) is 4. The van der Waals surface area contributed by atoms with Gasteiger partial charge in [-0.25, -0.2) is 0 Å². The number of carbonyl (C=O) groups is 5. The number of hydrogen-bond acceptors (Lipinski definition) is 10. The lowest BCUT2D eigenvalue weighted by atomic mass is 9.81. The van der Waals surface area contributed by atoms with Crippen molar-refractivity contribution in [3.8, 4) is 22.5 Å². The Hall–Kier alpha value is -5.71. The van der Waals surface area contributed by atoms with Gasteiger partial charge in [-0.2, -0.15) is 5.21 Å². The highest BCUT2D eigenvalue weighted by atomic mass is 35.5. The first-order valence-electron chi connectivity index (χ1n) is 17.4. The van der Waals surface area contributed by atoms with Crippen molar-refractivity contribution in [2.45, 2.75) is 45.1 Å². The Morgan fingerprint density at radius 3 is 2.20 bits per heavy atom. The summed E-state index contributed by atoms with van der Waals surface area (Å²) < 4.78 is 0. The number of H-pyrrole nitrogens is 1. The molecule has 1 fully saturated rings. The van der Waals surface area contributed by atoms with E-state index >= 15 is 0 Å². The van der Waals surface area contributed by atoms with Crippen molar-refractivity contribution in [1.29, 1.82) is 0 Å². The molecule has 1 heterocycles. The fraction of sp³-hybridized carbons (Fsp3) is 0.351. The van der Waals surface area contributed by atoms with Crippen molar-refractivity contribution in [3.63, 3.8) is 0 Å². The molecular weight excluding hydrogens is 714 g/mol. The molecule has 1 atom stereocenters. The topological polar surface area (TPSA) is 257 Å². The van der Waals surface area contributed by atoms with Crippen LogP contribution in [0.3, 0.4) is 0 Å². The first-order chi connectivity index (χ1) is 25.5. The maximum Gasteiger partial charge on any atom is 0.247 e. The summed E-state index contributed by atoms with van der Waals surface area (Å²) in [5.41, 5.74) is 21.7. The number of aryl methyl sites for hydroxylation is 1. The summed E-state index contributed by atoms with van der Waals surface area (Å²) in [6.07, 6.45) is 3.47. The molecule has 4 aromatic rings. The number of benzene rings is 3. The zero-order valence-electron chi connectivity index (χ0n) is 29.9. The predicted molar refractivity (Wildman–Crippen MR) is 206 cm³/mol. The molecule has 17 heteroatoms. The smallest absolute Gasteiger partial charge is 0.247 e. The SMILES string of the molecule is Cc1cc(N(CC(N)=O)C(=O)CNC(=O)CN)ccc1-c1ccc(C[C@H](NC(=O)[C@H]2CC[C@H](CN)CC2)C(=O)Nc2ccc(-c3nn[nH]n3)cc2)cc1.Cl. The van der Waals surface area contributed by atoms with Crippen molar-refractivity contribution in [1.82, 2.24) is 31.3 Å². The van der Waals surface area contributed by atoms with Crippen LogP contribution in [0.1, 0.15) is 36.8 Å². The van der Waals surface area contributed by atoms with Crippen molar-refractivity contribution in [2.24, 2.45) is 29.0 Å². The molecule has 0 radical (unpaired) electrons. The number of rotatable bonds is 15. The van der Waals surface area contributed by atoms with Gasteiger partial charge in [0.25, 0.3) is 0 Å². The maximum absolute atomic E-state index is 13.7. The lowest BCUT2D eigenvalue weighted by Crippen LogP contribution is -2.48. The third-order valence-electron chi connectivity index (χ3n) is 9.40. The Labute approximate surface area is 318 Å². The second-order valence-corrected chi connectivity index (χ2v) is 13.1. The molecule has 0 saturated heterocycles. The third kappa shape index (κ3) is 10.9. The van der Waals surface area contributed by atoms with Gasteiger partial charge in [0.1, 0.15) is 12.6 Å². The quantitative estimate of drug-likeness (QED) is 0.0921.